The Kier molecular flexibility index (Phi) is 3.90. The molecule has 1 aliphatic heterocycles. The molecule has 21 heavy (non-hydrogen) atoms. The van der Waals surface area contributed by atoms with E-state index in [0.29, 0.717) is 25.4 Å². The van der Waals surface area contributed by atoms with Gasteiger partial charge < -0.3 is 14.4 Å². The summed E-state index contributed by atoms with van der Waals surface area (Å²) in [4.78, 5) is 6.18. The van der Waals surface area contributed by atoms with Crippen molar-refractivity contribution in [2.75, 3.05) is 13.1 Å². The van der Waals surface area contributed by atoms with E-state index in [-0.39, 0.29) is 11.9 Å². The average molecular weight is 291 g/mol. The van der Waals surface area contributed by atoms with Gasteiger partial charge in [0.1, 0.15) is 23.8 Å². The number of hydrogen-bond donors (Lipinski definition) is 1. The molecule has 2 heterocycles. The van der Waals surface area contributed by atoms with Crippen LogP contribution in [0.1, 0.15) is 5.69 Å². The van der Waals surface area contributed by atoms with Crippen molar-refractivity contribution in [3.05, 3.63) is 48.3 Å². The van der Waals surface area contributed by atoms with Gasteiger partial charge in [0.2, 0.25) is 0 Å². The Balaban J connectivity index is 1.62. The SMILES string of the molecule is Cn1cncc1CN1C[C@@H](O)[C@H](Oc2cccc(F)c2)C1. The van der Waals surface area contributed by atoms with Crippen molar-refractivity contribution in [2.45, 2.75) is 18.8 Å². The molecule has 0 amide bonds. The van der Waals surface area contributed by atoms with Gasteiger partial charge in [0.05, 0.1) is 12.0 Å². The number of nitrogens with zero attached hydrogens (tertiary/aromatic N) is 3. The van der Waals surface area contributed by atoms with Crippen LogP contribution in [0.2, 0.25) is 0 Å². The lowest BCUT2D eigenvalue weighted by atomic mass is 10.2. The molecular weight excluding hydrogens is 273 g/mol. The summed E-state index contributed by atoms with van der Waals surface area (Å²) in [5.74, 6) is 0.105. The van der Waals surface area contributed by atoms with Crippen LogP contribution in [0.25, 0.3) is 0 Å². The maximum absolute atomic E-state index is 13.1. The van der Waals surface area contributed by atoms with E-state index in [2.05, 4.69) is 9.88 Å². The number of ether oxygens (including phenoxy) is 1. The number of imidazole rings is 1. The van der Waals surface area contributed by atoms with E-state index in [4.69, 9.17) is 4.74 Å². The number of likely N-dealkylation sites (tertiary alicyclic amines) is 1. The van der Waals surface area contributed by atoms with Crippen LogP contribution in [-0.4, -0.2) is 44.9 Å². The zero-order valence-corrected chi connectivity index (χ0v) is 11.8. The molecule has 1 aromatic carbocycles. The van der Waals surface area contributed by atoms with Crippen LogP contribution in [0.15, 0.2) is 36.8 Å². The summed E-state index contributed by atoms with van der Waals surface area (Å²) in [5.41, 5.74) is 1.08. The number of aliphatic hydroxyl groups is 1. The zero-order chi connectivity index (χ0) is 14.8. The Morgan fingerprint density at radius 2 is 2.29 bits per heavy atom. The molecule has 1 saturated heterocycles. The molecule has 112 valence electrons. The van der Waals surface area contributed by atoms with Crippen molar-refractivity contribution in [3.63, 3.8) is 0 Å². The molecule has 1 aromatic heterocycles. The van der Waals surface area contributed by atoms with E-state index in [0.717, 1.165) is 5.69 Å². The highest BCUT2D eigenvalue weighted by molar-refractivity contribution is 5.23. The van der Waals surface area contributed by atoms with Crippen molar-refractivity contribution in [2.24, 2.45) is 7.05 Å². The number of β-amino-alcohol motifs (C(OH)–C–C–N with tert-alkyl or cyclic N) is 1. The Labute approximate surface area is 122 Å². The highest BCUT2D eigenvalue weighted by atomic mass is 19.1. The van der Waals surface area contributed by atoms with E-state index in [1.54, 1.807) is 18.5 Å². The fourth-order valence-corrected chi connectivity index (χ4v) is 2.56. The van der Waals surface area contributed by atoms with Crippen molar-refractivity contribution in [1.82, 2.24) is 14.5 Å². The van der Waals surface area contributed by atoms with E-state index in [1.807, 2.05) is 17.8 Å². The van der Waals surface area contributed by atoms with Crippen molar-refractivity contribution in [1.29, 1.82) is 0 Å². The van der Waals surface area contributed by atoms with Gasteiger partial charge in [-0.3, -0.25) is 4.90 Å². The molecule has 0 saturated carbocycles. The minimum absolute atomic E-state index is 0.341. The zero-order valence-electron chi connectivity index (χ0n) is 11.8. The van der Waals surface area contributed by atoms with Crippen LogP contribution >= 0.6 is 0 Å². The number of rotatable bonds is 4. The smallest absolute Gasteiger partial charge is 0.138 e. The minimum atomic E-state index is -0.582. The van der Waals surface area contributed by atoms with Gasteiger partial charge in [-0.1, -0.05) is 6.07 Å². The second kappa shape index (κ2) is 5.83. The first-order chi connectivity index (χ1) is 10.1. The van der Waals surface area contributed by atoms with Crippen LogP contribution in [0.5, 0.6) is 5.75 Å². The Hall–Kier alpha value is -1.92. The second-order valence-corrected chi connectivity index (χ2v) is 5.37. The molecule has 0 spiro atoms. The fourth-order valence-electron chi connectivity index (χ4n) is 2.56. The lowest BCUT2D eigenvalue weighted by Gasteiger charge is -2.17. The quantitative estimate of drug-likeness (QED) is 0.919. The summed E-state index contributed by atoms with van der Waals surface area (Å²) in [5, 5.41) is 10.1. The van der Waals surface area contributed by atoms with E-state index in [1.165, 1.54) is 12.1 Å². The molecule has 3 rings (SSSR count). The molecule has 1 N–H and O–H groups in total. The summed E-state index contributed by atoms with van der Waals surface area (Å²) in [6.07, 6.45) is 2.64. The van der Waals surface area contributed by atoms with E-state index < -0.39 is 6.10 Å². The largest absolute Gasteiger partial charge is 0.486 e. The summed E-state index contributed by atoms with van der Waals surface area (Å²) in [7, 11) is 1.94. The first-order valence-electron chi connectivity index (χ1n) is 6.89. The highest BCUT2D eigenvalue weighted by Crippen LogP contribution is 2.20. The average Bonchev–Trinajstić information content (AvgIpc) is 2.98. The molecule has 5 nitrogen and oxygen atoms in total. The fraction of sp³-hybridized carbons (Fsp3) is 0.400. The monoisotopic (exact) mass is 291 g/mol. The summed E-state index contributed by atoms with van der Waals surface area (Å²) >= 11 is 0. The summed E-state index contributed by atoms with van der Waals surface area (Å²) < 4.78 is 20.8. The predicted octanol–water partition coefficient (Wildman–Crippen LogP) is 1.18. The minimum Gasteiger partial charge on any atom is -0.486 e. The number of benzene rings is 1. The number of aliphatic hydroxyl groups excluding tert-OH is 1. The van der Waals surface area contributed by atoms with Gasteiger partial charge >= 0.3 is 0 Å². The normalized spacial score (nSPS) is 22.6. The van der Waals surface area contributed by atoms with Gasteiger partial charge in [0, 0.05) is 38.9 Å². The third-order valence-corrected chi connectivity index (χ3v) is 3.70. The Morgan fingerprint density at radius 1 is 1.43 bits per heavy atom. The molecule has 0 unspecified atom stereocenters. The first-order valence-corrected chi connectivity index (χ1v) is 6.89. The summed E-state index contributed by atoms with van der Waals surface area (Å²) in [6.45, 7) is 1.84. The van der Waals surface area contributed by atoms with Gasteiger partial charge in [0.15, 0.2) is 0 Å². The molecule has 0 aliphatic carbocycles. The third kappa shape index (κ3) is 3.22. The predicted molar refractivity (Wildman–Crippen MR) is 75.3 cm³/mol. The van der Waals surface area contributed by atoms with Gasteiger partial charge in [-0.25, -0.2) is 9.37 Å². The van der Waals surface area contributed by atoms with Crippen LogP contribution in [-0.2, 0) is 13.6 Å². The van der Waals surface area contributed by atoms with Crippen LogP contribution in [0, 0.1) is 5.82 Å². The third-order valence-electron chi connectivity index (χ3n) is 3.70. The maximum Gasteiger partial charge on any atom is 0.138 e. The molecule has 2 atom stereocenters. The number of halogens is 1. The molecule has 0 radical (unpaired) electrons. The van der Waals surface area contributed by atoms with E-state index in [9.17, 15) is 9.50 Å². The van der Waals surface area contributed by atoms with Crippen LogP contribution in [0.3, 0.4) is 0 Å². The lowest BCUT2D eigenvalue weighted by Crippen LogP contribution is -2.30. The summed E-state index contributed by atoms with van der Waals surface area (Å²) in [6, 6.07) is 5.99. The lowest BCUT2D eigenvalue weighted by molar-refractivity contribution is 0.0734. The molecule has 1 fully saturated rings. The number of aryl methyl sites for hydroxylation is 1. The molecule has 0 bridgehead atoms. The van der Waals surface area contributed by atoms with Crippen LogP contribution < -0.4 is 4.74 Å². The van der Waals surface area contributed by atoms with E-state index >= 15 is 0 Å². The van der Waals surface area contributed by atoms with Crippen molar-refractivity contribution < 1.29 is 14.2 Å². The van der Waals surface area contributed by atoms with Gasteiger partial charge in [-0.15, -0.1) is 0 Å². The second-order valence-electron chi connectivity index (χ2n) is 5.37. The molecular formula is C15H18FN3O2. The Bertz CT molecular complexity index is 616. The number of hydrogen-bond acceptors (Lipinski definition) is 4. The maximum atomic E-state index is 13.1. The first kappa shape index (κ1) is 14.0. The molecule has 1 aliphatic rings. The van der Waals surface area contributed by atoms with Crippen LogP contribution in [0.4, 0.5) is 4.39 Å². The molecule has 2 aromatic rings. The molecule has 6 heteroatoms. The standard InChI is InChI=1S/C15H18FN3O2/c1-18-10-17-6-12(18)7-19-8-14(20)15(9-19)21-13-4-2-3-11(16)5-13/h2-6,10,14-15,20H,7-9H2,1H3/t14-,15-/m1/s1. The van der Waals surface area contributed by atoms with Gasteiger partial charge in [-0.2, -0.15) is 0 Å². The number of aromatic nitrogens is 2. The van der Waals surface area contributed by atoms with Gasteiger partial charge in [-0.05, 0) is 12.1 Å². The van der Waals surface area contributed by atoms with Gasteiger partial charge in [0.25, 0.3) is 0 Å². The highest BCUT2D eigenvalue weighted by Gasteiger charge is 2.33. The van der Waals surface area contributed by atoms with Crippen molar-refractivity contribution in [3.8, 4) is 5.75 Å². The van der Waals surface area contributed by atoms with Crippen molar-refractivity contribution >= 4 is 0 Å². The topological polar surface area (TPSA) is 50.5 Å². The Morgan fingerprint density at radius 3 is 3.00 bits per heavy atom.